The van der Waals surface area contributed by atoms with E-state index in [1.165, 1.54) is 35.9 Å². The van der Waals surface area contributed by atoms with Crippen LogP contribution in [0.1, 0.15) is 29.9 Å². The number of hydrogen-bond donors (Lipinski definition) is 0. The van der Waals surface area contributed by atoms with Crippen LogP contribution in [0.5, 0.6) is 0 Å². The summed E-state index contributed by atoms with van der Waals surface area (Å²) in [5.74, 6) is 0.630. The summed E-state index contributed by atoms with van der Waals surface area (Å²) in [6.07, 6.45) is 3.06. The monoisotopic (exact) mass is 233 g/mol. The molecule has 2 atom stereocenters. The molecule has 2 nitrogen and oxygen atoms in total. The standard InChI is InChI=1S/C13H15NOS/c15-13-8-10-4-1-2-6-12(10)11-5-3-7-14(9-11)16-13/h1-2,4,6,11H,3,5,7-9H2. The van der Waals surface area contributed by atoms with E-state index in [0.717, 1.165) is 13.1 Å². The van der Waals surface area contributed by atoms with Crippen molar-refractivity contribution in [1.29, 1.82) is 0 Å². The van der Waals surface area contributed by atoms with Crippen molar-refractivity contribution < 1.29 is 4.79 Å². The molecule has 0 radical (unpaired) electrons. The van der Waals surface area contributed by atoms with E-state index < -0.39 is 0 Å². The lowest BCUT2D eigenvalue weighted by atomic mass is 9.87. The van der Waals surface area contributed by atoms with Crippen molar-refractivity contribution in [2.75, 3.05) is 13.1 Å². The minimum atomic E-state index is 0.285. The highest BCUT2D eigenvalue weighted by Gasteiger charge is 2.28. The van der Waals surface area contributed by atoms with Crippen molar-refractivity contribution in [2.45, 2.75) is 25.2 Å². The van der Waals surface area contributed by atoms with E-state index in [-0.39, 0.29) is 5.12 Å². The third-order valence-corrected chi connectivity index (χ3v) is 4.38. The molecule has 1 aromatic carbocycles. The van der Waals surface area contributed by atoms with Crippen molar-refractivity contribution in [1.82, 2.24) is 4.31 Å². The molecule has 0 spiro atoms. The lowest BCUT2D eigenvalue weighted by Crippen LogP contribution is -2.32. The topological polar surface area (TPSA) is 20.3 Å². The summed E-state index contributed by atoms with van der Waals surface area (Å²) in [5, 5.41) is 0.285. The molecular formula is C13H15NOS. The Bertz CT molecular complexity index is 418. The molecule has 3 heteroatoms. The predicted molar refractivity (Wildman–Crippen MR) is 66.3 cm³/mol. The van der Waals surface area contributed by atoms with E-state index in [4.69, 9.17) is 0 Å². The van der Waals surface area contributed by atoms with E-state index in [9.17, 15) is 4.79 Å². The smallest absolute Gasteiger partial charge is 0.208 e. The lowest BCUT2D eigenvalue weighted by molar-refractivity contribution is -0.110. The molecule has 84 valence electrons. The van der Waals surface area contributed by atoms with Gasteiger partial charge in [0.15, 0.2) is 0 Å². The first-order valence-corrected chi connectivity index (χ1v) is 6.64. The molecule has 16 heavy (non-hydrogen) atoms. The van der Waals surface area contributed by atoms with Gasteiger partial charge in [-0.3, -0.25) is 4.79 Å². The number of carbonyl (C=O) groups excluding carboxylic acids is 1. The first kappa shape index (κ1) is 10.4. The van der Waals surface area contributed by atoms with Crippen molar-refractivity contribution >= 4 is 17.1 Å². The molecule has 2 bridgehead atoms. The average Bonchev–Trinajstić information content (AvgIpc) is 2.28. The first-order chi connectivity index (χ1) is 7.83. The van der Waals surface area contributed by atoms with Crippen LogP contribution in [-0.4, -0.2) is 22.5 Å². The molecular weight excluding hydrogens is 218 g/mol. The Morgan fingerprint density at radius 3 is 3.12 bits per heavy atom. The fraction of sp³-hybridized carbons (Fsp3) is 0.462. The second kappa shape index (κ2) is 4.22. The van der Waals surface area contributed by atoms with Gasteiger partial charge in [-0.05, 0) is 41.8 Å². The van der Waals surface area contributed by atoms with Crippen LogP contribution in [0.4, 0.5) is 0 Å². The zero-order chi connectivity index (χ0) is 11.0. The molecule has 0 saturated carbocycles. The number of fused-ring (bicyclic) bond motifs is 4. The molecule has 0 amide bonds. The van der Waals surface area contributed by atoms with Gasteiger partial charge < -0.3 is 0 Å². The van der Waals surface area contributed by atoms with Gasteiger partial charge in [0.1, 0.15) is 0 Å². The highest BCUT2D eigenvalue weighted by atomic mass is 32.2. The third-order valence-electron chi connectivity index (χ3n) is 3.44. The van der Waals surface area contributed by atoms with Crippen molar-refractivity contribution in [2.24, 2.45) is 0 Å². The van der Waals surface area contributed by atoms with Crippen molar-refractivity contribution in [3.05, 3.63) is 35.4 Å². The van der Waals surface area contributed by atoms with Gasteiger partial charge in [0.2, 0.25) is 5.12 Å². The summed E-state index contributed by atoms with van der Waals surface area (Å²) < 4.78 is 2.24. The Labute approximate surface area is 100 Å². The van der Waals surface area contributed by atoms with Crippen molar-refractivity contribution in [3.63, 3.8) is 0 Å². The molecule has 1 saturated heterocycles. The van der Waals surface area contributed by atoms with Gasteiger partial charge in [0.05, 0.1) is 0 Å². The summed E-state index contributed by atoms with van der Waals surface area (Å²) >= 11 is 1.43. The quantitative estimate of drug-likeness (QED) is 0.642. The summed E-state index contributed by atoms with van der Waals surface area (Å²) in [7, 11) is 0. The molecule has 2 aliphatic rings. The number of rotatable bonds is 0. The van der Waals surface area contributed by atoms with Gasteiger partial charge in [-0.1, -0.05) is 24.3 Å². The number of hydrogen-bond acceptors (Lipinski definition) is 3. The molecule has 2 unspecified atom stereocenters. The van der Waals surface area contributed by atoms with Crippen LogP contribution in [-0.2, 0) is 11.2 Å². The van der Waals surface area contributed by atoms with Gasteiger partial charge in [0, 0.05) is 19.5 Å². The Balaban J connectivity index is 2.02. The van der Waals surface area contributed by atoms with Gasteiger partial charge in [0.25, 0.3) is 0 Å². The molecule has 2 heterocycles. The second-order valence-electron chi connectivity index (χ2n) is 4.57. The predicted octanol–water partition coefficient (Wildman–Crippen LogP) is 2.60. The summed E-state index contributed by atoms with van der Waals surface area (Å²) in [6.45, 7) is 2.10. The highest BCUT2D eigenvalue weighted by Crippen LogP contribution is 2.35. The van der Waals surface area contributed by atoms with Crippen LogP contribution >= 0.6 is 11.9 Å². The molecule has 3 rings (SSSR count). The lowest BCUT2D eigenvalue weighted by Gasteiger charge is -2.34. The maximum Gasteiger partial charge on any atom is 0.208 e. The van der Waals surface area contributed by atoms with E-state index >= 15 is 0 Å². The Kier molecular flexibility index (Phi) is 2.74. The maximum atomic E-state index is 11.8. The normalized spacial score (nSPS) is 29.1. The minimum Gasteiger partial charge on any atom is -0.285 e. The Morgan fingerprint density at radius 2 is 2.19 bits per heavy atom. The van der Waals surface area contributed by atoms with Gasteiger partial charge >= 0.3 is 0 Å². The number of benzene rings is 1. The summed E-state index contributed by atoms with van der Waals surface area (Å²) in [6, 6.07) is 8.45. The molecule has 1 aromatic rings. The van der Waals surface area contributed by atoms with E-state index in [1.807, 2.05) is 6.07 Å². The number of piperidine rings is 1. The molecule has 0 aromatic heterocycles. The zero-order valence-corrected chi connectivity index (χ0v) is 10.0. The number of carbonyl (C=O) groups is 1. The molecule has 0 N–H and O–H groups in total. The van der Waals surface area contributed by atoms with Crippen LogP contribution in [0.2, 0.25) is 0 Å². The van der Waals surface area contributed by atoms with Crippen LogP contribution in [0.15, 0.2) is 24.3 Å². The van der Waals surface area contributed by atoms with Gasteiger partial charge in [-0.2, -0.15) is 0 Å². The van der Waals surface area contributed by atoms with Crippen LogP contribution in [0.25, 0.3) is 0 Å². The van der Waals surface area contributed by atoms with Crippen LogP contribution in [0.3, 0.4) is 0 Å². The van der Waals surface area contributed by atoms with E-state index in [2.05, 4.69) is 22.5 Å². The number of nitrogens with zero attached hydrogens (tertiary/aromatic N) is 1. The second-order valence-corrected chi connectivity index (χ2v) is 5.72. The fourth-order valence-corrected chi connectivity index (χ4v) is 3.69. The first-order valence-electron chi connectivity index (χ1n) is 5.86. The van der Waals surface area contributed by atoms with Gasteiger partial charge in [-0.25, -0.2) is 4.31 Å². The summed E-state index contributed by atoms with van der Waals surface area (Å²) in [5.41, 5.74) is 2.65. The van der Waals surface area contributed by atoms with Crippen LogP contribution < -0.4 is 0 Å². The van der Waals surface area contributed by atoms with Crippen molar-refractivity contribution in [3.8, 4) is 0 Å². The Morgan fingerprint density at radius 1 is 1.31 bits per heavy atom. The fourth-order valence-electron chi connectivity index (χ4n) is 2.70. The highest BCUT2D eigenvalue weighted by molar-refractivity contribution is 8.11. The maximum absolute atomic E-state index is 11.8. The van der Waals surface area contributed by atoms with Gasteiger partial charge in [-0.15, -0.1) is 0 Å². The molecule has 2 aliphatic heterocycles. The van der Waals surface area contributed by atoms with E-state index in [0.29, 0.717) is 12.3 Å². The van der Waals surface area contributed by atoms with Crippen LogP contribution in [0, 0.1) is 0 Å². The Hall–Kier alpha value is -0.800. The third kappa shape index (κ3) is 1.89. The zero-order valence-electron chi connectivity index (χ0n) is 9.19. The SMILES string of the molecule is O=C1Cc2ccccc2C2CCCN(C2)S1. The van der Waals surface area contributed by atoms with E-state index in [1.54, 1.807) is 0 Å². The molecule has 0 aliphatic carbocycles. The largest absolute Gasteiger partial charge is 0.285 e. The molecule has 1 fully saturated rings. The average molecular weight is 233 g/mol. The minimum absolute atomic E-state index is 0.285. The summed E-state index contributed by atoms with van der Waals surface area (Å²) in [4.78, 5) is 11.8.